The zero-order chi connectivity index (χ0) is 11.4. The van der Waals surface area contributed by atoms with Crippen molar-refractivity contribution >= 4 is 0 Å². The molecule has 0 aromatic heterocycles. The first kappa shape index (κ1) is 12.4. The summed E-state index contributed by atoms with van der Waals surface area (Å²) >= 11 is 0. The quantitative estimate of drug-likeness (QED) is 0.715. The first-order valence-corrected chi connectivity index (χ1v) is 7.24. The number of nitrogens with one attached hydrogen (secondary N) is 1. The van der Waals surface area contributed by atoms with Crippen molar-refractivity contribution in [3.05, 3.63) is 0 Å². The fraction of sp³-hybridized carbons (Fsp3) is 1.00. The van der Waals surface area contributed by atoms with Crippen molar-refractivity contribution < 1.29 is 0 Å². The van der Waals surface area contributed by atoms with E-state index in [4.69, 9.17) is 0 Å². The van der Waals surface area contributed by atoms with Crippen LogP contribution in [0.2, 0.25) is 0 Å². The number of nitrogens with zero attached hydrogens (tertiary/aromatic N) is 1. The van der Waals surface area contributed by atoms with Gasteiger partial charge in [-0.2, -0.15) is 0 Å². The number of likely N-dealkylation sites (tertiary alicyclic amines) is 1. The average molecular weight is 224 g/mol. The molecule has 2 heteroatoms. The summed E-state index contributed by atoms with van der Waals surface area (Å²) in [5, 5.41) is 3.66. The molecule has 2 nitrogen and oxygen atoms in total. The fourth-order valence-electron chi connectivity index (χ4n) is 3.16. The number of hydrogen-bond donors (Lipinski definition) is 1. The molecule has 1 aliphatic carbocycles. The van der Waals surface area contributed by atoms with E-state index in [2.05, 4.69) is 24.1 Å². The lowest BCUT2D eigenvalue weighted by Gasteiger charge is -2.23. The van der Waals surface area contributed by atoms with E-state index in [1.807, 2.05) is 0 Å². The molecule has 1 N–H and O–H groups in total. The van der Waals surface area contributed by atoms with Gasteiger partial charge < -0.3 is 10.2 Å². The first-order chi connectivity index (χ1) is 7.78. The van der Waals surface area contributed by atoms with Gasteiger partial charge in [0.15, 0.2) is 0 Å². The van der Waals surface area contributed by atoms with Crippen LogP contribution in [-0.4, -0.2) is 37.1 Å². The van der Waals surface area contributed by atoms with Gasteiger partial charge in [0.1, 0.15) is 0 Å². The van der Waals surface area contributed by atoms with Gasteiger partial charge in [0, 0.05) is 19.1 Å². The highest BCUT2D eigenvalue weighted by Crippen LogP contribution is 2.50. The van der Waals surface area contributed by atoms with E-state index in [0.29, 0.717) is 0 Å². The molecule has 0 aromatic rings. The minimum atomic E-state index is 0.744. The van der Waals surface area contributed by atoms with Crippen molar-refractivity contribution in [1.82, 2.24) is 10.2 Å². The van der Waals surface area contributed by atoms with E-state index >= 15 is 0 Å². The Hall–Kier alpha value is -0.0800. The van der Waals surface area contributed by atoms with Gasteiger partial charge in [-0.1, -0.05) is 20.3 Å². The predicted octanol–water partition coefficient (Wildman–Crippen LogP) is 2.64. The summed E-state index contributed by atoms with van der Waals surface area (Å²) in [5.41, 5.74) is 0.744. The van der Waals surface area contributed by atoms with Crippen molar-refractivity contribution in [1.29, 1.82) is 0 Å². The Bertz CT molecular complexity index is 211. The SMILES string of the molecule is CCCNC1CCN(CC2(CCC)CC2)C1. The summed E-state index contributed by atoms with van der Waals surface area (Å²) < 4.78 is 0. The van der Waals surface area contributed by atoms with Crippen LogP contribution in [0, 0.1) is 5.41 Å². The van der Waals surface area contributed by atoms with Crippen molar-refractivity contribution in [3.8, 4) is 0 Å². The zero-order valence-corrected chi connectivity index (χ0v) is 11.1. The highest BCUT2D eigenvalue weighted by atomic mass is 15.2. The molecule has 1 saturated heterocycles. The Labute approximate surface area is 101 Å². The molecule has 16 heavy (non-hydrogen) atoms. The van der Waals surface area contributed by atoms with Gasteiger partial charge in [0.2, 0.25) is 0 Å². The van der Waals surface area contributed by atoms with Crippen LogP contribution in [0.15, 0.2) is 0 Å². The third-order valence-electron chi connectivity index (χ3n) is 4.25. The smallest absolute Gasteiger partial charge is 0.0207 e. The second-order valence-corrected chi connectivity index (χ2v) is 5.92. The lowest BCUT2D eigenvalue weighted by Crippen LogP contribution is -2.35. The van der Waals surface area contributed by atoms with Gasteiger partial charge in [0.25, 0.3) is 0 Å². The molecule has 0 spiro atoms. The second kappa shape index (κ2) is 5.50. The minimum Gasteiger partial charge on any atom is -0.313 e. The number of rotatable bonds is 7. The zero-order valence-electron chi connectivity index (χ0n) is 11.1. The van der Waals surface area contributed by atoms with E-state index in [1.165, 1.54) is 64.7 Å². The summed E-state index contributed by atoms with van der Waals surface area (Å²) in [5.74, 6) is 0. The van der Waals surface area contributed by atoms with Crippen molar-refractivity contribution in [2.45, 2.75) is 58.4 Å². The molecule has 1 saturated carbocycles. The summed E-state index contributed by atoms with van der Waals surface area (Å²) in [6.45, 7) is 9.78. The molecule has 1 heterocycles. The van der Waals surface area contributed by atoms with Crippen LogP contribution in [0.4, 0.5) is 0 Å². The summed E-state index contributed by atoms with van der Waals surface area (Å²) in [6.07, 6.45) is 8.43. The van der Waals surface area contributed by atoms with E-state index in [0.717, 1.165) is 11.5 Å². The molecule has 0 radical (unpaired) electrons. The predicted molar refractivity (Wildman–Crippen MR) is 69.7 cm³/mol. The van der Waals surface area contributed by atoms with Gasteiger partial charge >= 0.3 is 0 Å². The van der Waals surface area contributed by atoms with E-state index in [1.54, 1.807) is 0 Å². The fourth-order valence-corrected chi connectivity index (χ4v) is 3.16. The van der Waals surface area contributed by atoms with Crippen molar-refractivity contribution in [2.75, 3.05) is 26.2 Å². The number of hydrogen-bond acceptors (Lipinski definition) is 2. The summed E-state index contributed by atoms with van der Waals surface area (Å²) in [7, 11) is 0. The maximum atomic E-state index is 3.66. The van der Waals surface area contributed by atoms with Crippen LogP contribution in [0.1, 0.15) is 52.4 Å². The summed E-state index contributed by atoms with van der Waals surface area (Å²) in [4.78, 5) is 2.70. The lowest BCUT2D eigenvalue weighted by molar-refractivity contribution is 0.247. The highest BCUT2D eigenvalue weighted by molar-refractivity contribution is 4.97. The molecule has 1 atom stereocenters. The molecule has 2 aliphatic rings. The first-order valence-electron chi connectivity index (χ1n) is 7.24. The van der Waals surface area contributed by atoms with Crippen molar-refractivity contribution in [3.63, 3.8) is 0 Å². The van der Waals surface area contributed by atoms with Crippen LogP contribution in [0.3, 0.4) is 0 Å². The van der Waals surface area contributed by atoms with E-state index in [-0.39, 0.29) is 0 Å². The summed E-state index contributed by atoms with van der Waals surface area (Å²) in [6, 6.07) is 0.775. The molecular weight excluding hydrogens is 196 g/mol. The average Bonchev–Trinajstić information content (AvgIpc) is 2.88. The maximum Gasteiger partial charge on any atom is 0.0207 e. The molecule has 0 aromatic carbocycles. The largest absolute Gasteiger partial charge is 0.313 e. The Morgan fingerprint density at radius 2 is 2.06 bits per heavy atom. The van der Waals surface area contributed by atoms with E-state index < -0.39 is 0 Å². The lowest BCUT2D eigenvalue weighted by atomic mass is 10.0. The van der Waals surface area contributed by atoms with Crippen LogP contribution in [0.25, 0.3) is 0 Å². The topological polar surface area (TPSA) is 15.3 Å². The monoisotopic (exact) mass is 224 g/mol. The Morgan fingerprint density at radius 1 is 1.25 bits per heavy atom. The molecule has 2 fully saturated rings. The molecule has 0 bridgehead atoms. The van der Waals surface area contributed by atoms with Crippen LogP contribution >= 0.6 is 0 Å². The van der Waals surface area contributed by atoms with Crippen molar-refractivity contribution in [2.24, 2.45) is 5.41 Å². The third-order valence-corrected chi connectivity index (χ3v) is 4.25. The van der Waals surface area contributed by atoms with Gasteiger partial charge in [-0.05, 0) is 50.6 Å². The third kappa shape index (κ3) is 3.21. The molecule has 0 amide bonds. The highest BCUT2D eigenvalue weighted by Gasteiger charge is 2.43. The van der Waals surface area contributed by atoms with Crippen LogP contribution in [-0.2, 0) is 0 Å². The normalized spacial score (nSPS) is 28.5. The van der Waals surface area contributed by atoms with Crippen LogP contribution < -0.4 is 5.32 Å². The standard InChI is InChI=1S/C14H28N2/c1-3-6-14(7-8-14)12-16-10-5-13(11-16)15-9-4-2/h13,15H,3-12H2,1-2H3. The van der Waals surface area contributed by atoms with Crippen LogP contribution in [0.5, 0.6) is 0 Å². The van der Waals surface area contributed by atoms with Gasteiger partial charge in [-0.25, -0.2) is 0 Å². The molecule has 2 rings (SSSR count). The Balaban J connectivity index is 1.68. The molecule has 1 unspecified atom stereocenters. The Morgan fingerprint density at radius 3 is 2.69 bits per heavy atom. The van der Waals surface area contributed by atoms with Gasteiger partial charge in [0.05, 0.1) is 0 Å². The maximum absolute atomic E-state index is 3.66. The molecular formula is C14H28N2. The Kier molecular flexibility index (Phi) is 4.26. The van der Waals surface area contributed by atoms with E-state index in [9.17, 15) is 0 Å². The van der Waals surface area contributed by atoms with Gasteiger partial charge in [-0.3, -0.25) is 0 Å². The molecule has 94 valence electrons. The minimum absolute atomic E-state index is 0.744. The second-order valence-electron chi connectivity index (χ2n) is 5.92. The van der Waals surface area contributed by atoms with Gasteiger partial charge in [-0.15, -0.1) is 0 Å². The molecule has 1 aliphatic heterocycles.